The second-order valence-electron chi connectivity index (χ2n) is 4.87. The molecule has 0 fully saturated rings. The third-order valence-electron chi connectivity index (χ3n) is 3.51. The number of phenols is 1. The van der Waals surface area contributed by atoms with Gasteiger partial charge in [-0.2, -0.15) is 0 Å². The molecule has 0 radical (unpaired) electrons. The van der Waals surface area contributed by atoms with Crippen LogP contribution in [-0.2, 0) is 6.54 Å². The summed E-state index contributed by atoms with van der Waals surface area (Å²) >= 11 is 0. The zero-order chi connectivity index (χ0) is 15.2. The van der Waals surface area contributed by atoms with E-state index in [9.17, 15) is 5.11 Å². The molecule has 0 aliphatic carbocycles. The normalized spacial score (nSPS) is 12.0. The lowest BCUT2D eigenvalue weighted by molar-refractivity contribution is 0.405. The van der Waals surface area contributed by atoms with E-state index in [0.29, 0.717) is 12.3 Å². The molecule has 0 unspecified atom stereocenters. The predicted octanol–water partition coefficient (Wildman–Crippen LogP) is 3.26. The van der Waals surface area contributed by atoms with E-state index in [0.717, 1.165) is 11.3 Å². The van der Waals surface area contributed by atoms with Crippen molar-refractivity contribution >= 4 is 0 Å². The van der Waals surface area contributed by atoms with Crippen LogP contribution < -0.4 is 14.8 Å². The van der Waals surface area contributed by atoms with Crippen LogP contribution in [0.15, 0.2) is 42.5 Å². The lowest BCUT2D eigenvalue weighted by Crippen LogP contribution is -2.18. The first-order valence-corrected chi connectivity index (χ1v) is 6.87. The predicted molar refractivity (Wildman–Crippen MR) is 82.9 cm³/mol. The van der Waals surface area contributed by atoms with Gasteiger partial charge in [-0.25, -0.2) is 0 Å². The van der Waals surface area contributed by atoms with E-state index < -0.39 is 0 Å². The molecule has 0 saturated carbocycles. The van der Waals surface area contributed by atoms with Crippen LogP contribution in [0, 0.1) is 0 Å². The Kier molecular flexibility index (Phi) is 5.06. The number of ether oxygens (including phenoxy) is 2. The number of hydrogen-bond acceptors (Lipinski definition) is 4. The molecule has 0 saturated heterocycles. The minimum Gasteiger partial charge on any atom is -0.507 e. The molecule has 2 rings (SSSR count). The molecule has 112 valence electrons. The van der Waals surface area contributed by atoms with Crippen molar-refractivity contribution in [2.75, 3.05) is 14.2 Å². The van der Waals surface area contributed by atoms with Crippen LogP contribution >= 0.6 is 0 Å². The Morgan fingerprint density at radius 3 is 2.19 bits per heavy atom. The highest BCUT2D eigenvalue weighted by Crippen LogP contribution is 2.24. The van der Waals surface area contributed by atoms with Crippen LogP contribution in [-0.4, -0.2) is 19.3 Å². The van der Waals surface area contributed by atoms with E-state index in [1.165, 1.54) is 5.56 Å². The number of aromatic hydroxyl groups is 1. The Balaban J connectivity index is 1.98. The van der Waals surface area contributed by atoms with Gasteiger partial charge in [0.15, 0.2) is 0 Å². The maximum atomic E-state index is 9.94. The molecule has 4 heteroatoms. The topological polar surface area (TPSA) is 50.7 Å². The molecule has 2 aromatic rings. The fourth-order valence-electron chi connectivity index (χ4n) is 2.09. The Morgan fingerprint density at radius 1 is 1.00 bits per heavy atom. The van der Waals surface area contributed by atoms with Crippen molar-refractivity contribution in [2.24, 2.45) is 0 Å². The number of nitrogens with one attached hydrogen (secondary N) is 1. The maximum Gasteiger partial charge on any atom is 0.123 e. The first-order valence-electron chi connectivity index (χ1n) is 6.87. The molecule has 0 aromatic heterocycles. The van der Waals surface area contributed by atoms with Gasteiger partial charge in [0.05, 0.1) is 14.2 Å². The fraction of sp³-hybridized carbons (Fsp3) is 0.294. The third kappa shape index (κ3) is 3.89. The van der Waals surface area contributed by atoms with Gasteiger partial charge >= 0.3 is 0 Å². The molecule has 2 aromatic carbocycles. The van der Waals surface area contributed by atoms with Gasteiger partial charge < -0.3 is 19.9 Å². The Bertz CT molecular complexity index is 581. The van der Waals surface area contributed by atoms with E-state index in [1.54, 1.807) is 20.3 Å². The molecule has 0 amide bonds. The number of phenolic OH excluding ortho intramolecular Hbond substituents is 1. The van der Waals surface area contributed by atoms with Gasteiger partial charge in [-0.05, 0) is 30.7 Å². The van der Waals surface area contributed by atoms with Crippen molar-refractivity contribution in [3.63, 3.8) is 0 Å². The first kappa shape index (κ1) is 15.2. The quantitative estimate of drug-likeness (QED) is 0.856. The number of benzene rings is 2. The molecule has 4 nitrogen and oxygen atoms in total. The van der Waals surface area contributed by atoms with Crippen molar-refractivity contribution in [2.45, 2.75) is 19.5 Å². The summed E-state index contributed by atoms with van der Waals surface area (Å²) in [5, 5.41) is 13.3. The van der Waals surface area contributed by atoms with Crippen molar-refractivity contribution in [3.05, 3.63) is 53.6 Å². The zero-order valence-corrected chi connectivity index (χ0v) is 12.6. The second-order valence-corrected chi connectivity index (χ2v) is 4.87. The lowest BCUT2D eigenvalue weighted by atomic mass is 10.1. The van der Waals surface area contributed by atoms with Crippen LogP contribution in [0.3, 0.4) is 0 Å². The lowest BCUT2D eigenvalue weighted by Gasteiger charge is -2.15. The number of hydrogen-bond donors (Lipinski definition) is 2. The van der Waals surface area contributed by atoms with E-state index in [2.05, 4.69) is 12.2 Å². The molecular formula is C17H21NO3. The molecule has 0 bridgehead atoms. The highest BCUT2D eigenvalue weighted by molar-refractivity contribution is 5.39. The highest BCUT2D eigenvalue weighted by Gasteiger charge is 2.08. The van der Waals surface area contributed by atoms with E-state index in [-0.39, 0.29) is 11.8 Å². The van der Waals surface area contributed by atoms with Gasteiger partial charge in [0.1, 0.15) is 17.2 Å². The minimum atomic E-state index is 0.178. The van der Waals surface area contributed by atoms with Crippen molar-refractivity contribution in [1.29, 1.82) is 0 Å². The first-order chi connectivity index (χ1) is 10.1. The molecule has 0 aliphatic heterocycles. The van der Waals surface area contributed by atoms with Crippen molar-refractivity contribution < 1.29 is 14.6 Å². The van der Waals surface area contributed by atoms with Crippen LogP contribution in [0.4, 0.5) is 0 Å². The SMILES string of the molecule is COc1ccc([C@@H](C)NCc2ccc(OC)cc2O)cc1. The summed E-state index contributed by atoms with van der Waals surface area (Å²) in [6.07, 6.45) is 0. The van der Waals surface area contributed by atoms with E-state index >= 15 is 0 Å². The maximum absolute atomic E-state index is 9.94. The van der Waals surface area contributed by atoms with Gasteiger partial charge in [-0.3, -0.25) is 0 Å². The van der Waals surface area contributed by atoms with Crippen molar-refractivity contribution in [3.8, 4) is 17.2 Å². The monoisotopic (exact) mass is 287 g/mol. The third-order valence-corrected chi connectivity index (χ3v) is 3.51. The molecule has 1 atom stereocenters. The molecule has 0 spiro atoms. The summed E-state index contributed by atoms with van der Waals surface area (Å²) in [4.78, 5) is 0. The average Bonchev–Trinajstić information content (AvgIpc) is 2.53. The summed E-state index contributed by atoms with van der Waals surface area (Å²) in [7, 11) is 3.24. The largest absolute Gasteiger partial charge is 0.507 e. The molecule has 0 aliphatic rings. The molecule has 2 N–H and O–H groups in total. The smallest absolute Gasteiger partial charge is 0.123 e. The summed E-state index contributed by atoms with van der Waals surface area (Å²) in [5.74, 6) is 1.74. The van der Waals surface area contributed by atoms with Gasteiger partial charge in [-0.1, -0.05) is 18.2 Å². The number of rotatable bonds is 6. The molecule has 0 heterocycles. The van der Waals surface area contributed by atoms with E-state index in [1.807, 2.05) is 36.4 Å². The van der Waals surface area contributed by atoms with Crippen LogP contribution in [0.5, 0.6) is 17.2 Å². The van der Waals surface area contributed by atoms with E-state index in [4.69, 9.17) is 9.47 Å². The molecule has 21 heavy (non-hydrogen) atoms. The highest BCUT2D eigenvalue weighted by atomic mass is 16.5. The Morgan fingerprint density at radius 2 is 1.62 bits per heavy atom. The molecular weight excluding hydrogens is 266 g/mol. The summed E-state index contributed by atoms with van der Waals surface area (Å²) in [6, 6.07) is 13.5. The standard InChI is InChI=1S/C17H21NO3/c1-12(13-4-7-15(20-2)8-5-13)18-11-14-6-9-16(21-3)10-17(14)19/h4-10,12,18-19H,11H2,1-3H3/t12-/m1/s1. The minimum absolute atomic E-state index is 0.178. The summed E-state index contributed by atoms with van der Waals surface area (Å²) in [6.45, 7) is 2.67. The summed E-state index contributed by atoms with van der Waals surface area (Å²) < 4.78 is 10.2. The summed E-state index contributed by atoms with van der Waals surface area (Å²) in [5.41, 5.74) is 2.01. The second kappa shape index (κ2) is 6.99. The van der Waals surface area contributed by atoms with Crippen LogP contribution in [0.1, 0.15) is 24.1 Å². The van der Waals surface area contributed by atoms with Gasteiger partial charge in [0.25, 0.3) is 0 Å². The van der Waals surface area contributed by atoms with Gasteiger partial charge in [-0.15, -0.1) is 0 Å². The number of methoxy groups -OCH3 is 2. The van der Waals surface area contributed by atoms with Crippen LogP contribution in [0.2, 0.25) is 0 Å². The Labute approximate surface area is 125 Å². The zero-order valence-electron chi connectivity index (χ0n) is 12.6. The fourth-order valence-corrected chi connectivity index (χ4v) is 2.09. The average molecular weight is 287 g/mol. The van der Waals surface area contributed by atoms with Crippen LogP contribution in [0.25, 0.3) is 0 Å². The van der Waals surface area contributed by atoms with Crippen molar-refractivity contribution in [1.82, 2.24) is 5.32 Å². The van der Waals surface area contributed by atoms with Gasteiger partial charge in [0, 0.05) is 24.2 Å². The Hall–Kier alpha value is -2.20. The van der Waals surface area contributed by atoms with Gasteiger partial charge in [0.2, 0.25) is 0 Å².